The fraction of sp³-hybridized carbons (Fsp3) is 0.727. The number of ether oxygens (including phenoxy) is 3. The zero-order valence-corrected chi connectivity index (χ0v) is 54.7. The SMILES string of the molecule is CC/C=C\C/C=C\C/C=C\C/C=C\C/C=C\C/C=C\CCC(=O)OC(COC(=O)CCCCCCCCC/C=C\CCCCCCCC)COC(=O)CCCCCCCCCCCCCCCCCCC/C=C\C/C=C\CCCCCCC. The van der Waals surface area contributed by atoms with Gasteiger partial charge in [0.1, 0.15) is 13.2 Å². The molecule has 0 aliphatic rings. The number of carbonyl (C=O) groups is 3. The largest absolute Gasteiger partial charge is 0.462 e. The van der Waals surface area contributed by atoms with Crippen molar-refractivity contribution in [3.63, 3.8) is 0 Å². The zero-order valence-electron chi connectivity index (χ0n) is 54.7. The first-order valence-electron chi connectivity index (χ1n) is 35.4. The predicted octanol–water partition coefficient (Wildman–Crippen LogP) is 24.6. The van der Waals surface area contributed by atoms with E-state index in [-0.39, 0.29) is 37.5 Å². The summed E-state index contributed by atoms with van der Waals surface area (Å²) in [5, 5.41) is 0. The molecule has 0 N–H and O–H groups in total. The molecule has 0 fully saturated rings. The number of unbranched alkanes of at least 4 members (excludes halogenated alkanes) is 35. The molecule has 0 rings (SSSR count). The normalized spacial score (nSPS) is 12.8. The summed E-state index contributed by atoms with van der Waals surface area (Å²) in [7, 11) is 0. The van der Waals surface area contributed by atoms with Gasteiger partial charge in [-0.2, -0.15) is 0 Å². The minimum Gasteiger partial charge on any atom is -0.462 e. The number of hydrogen-bond donors (Lipinski definition) is 0. The standard InChI is InChI=1S/C77H132O6/c1-4-7-10-13-16-19-22-25-28-31-33-34-35-36-37-38-39-40-41-42-44-46-49-52-55-58-61-64-67-70-76(79)82-73-74(72-81-75(78)69-66-63-60-57-54-51-48-45-30-27-24-21-18-15-12-9-6-3)83-77(80)71-68-65-62-59-56-53-50-47-43-32-29-26-23-20-17-14-11-8-5-2/h8,11,17,20,22,25-27,29-31,33,43,47,53,56,62,65,74H,4-7,9-10,12-16,18-19,21,23-24,28,32,34-42,44-46,48-52,54-55,57-61,63-64,66-73H2,1-3H3/b11-8-,20-17-,25-22-,29-26-,30-27-,33-31-,47-43-,56-53-,65-62-. The molecule has 1 atom stereocenters. The van der Waals surface area contributed by atoms with Gasteiger partial charge in [0.05, 0.1) is 0 Å². The average Bonchev–Trinajstić information content (AvgIpc) is 3.49. The highest BCUT2D eigenvalue weighted by Gasteiger charge is 2.19. The Hall–Kier alpha value is -3.93. The Kier molecular flexibility index (Phi) is 67.2. The molecule has 476 valence electrons. The molecule has 1 unspecified atom stereocenters. The first kappa shape index (κ1) is 79.1. The van der Waals surface area contributed by atoms with E-state index in [0.717, 1.165) is 83.5 Å². The molecule has 6 heteroatoms. The molecule has 0 heterocycles. The van der Waals surface area contributed by atoms with Crippen LogP contribution in [0.25, 0.3) is 0 Å². The maximum Gasteiger partial charge on any atom is 0.306 e. The second-order valence-corrected chi connectivity index (χ2v) is 23.4. The van der Waals surface area contributed by atoms with Gasteiger partial charge >= 0.3 is 17.9 Å². The van der Waals surface area contributed by atoms with E-state index in [1.165, 1.54) is 212 Å². The topological polar surface area (TPSA) is 78.9 Å². The van der Waals surface area contributed by atoms with Gasteiger partial charge in [-0.15, -0.1) is 0 Å². The van der Waals surface area contributed by atoms with Gasteiger partial charge in [-0.25, -0.2) is 0 Å². The summed E-state index contributed by atoms with van der Waals surface area (Å²) in [5.74, 6) is -0.985. The summed E-state index contributed by atoms with van der Waals surface area (Å²) in [4.78, 5) is 38.4. The lowest BCUT2D eigenvalue weighted by atomic mass is 10.0. The van der Waals surface area contributed by atoms with Gasteiger partial charge in [0.2, 0.25) is 0 Å². The molecule has 6 nitrogen and oxygen atoms in total. The highest BCUT2D eigenvalue weighted by Crippen LogP contribution is 2.17. The van der Waals surface area contributed by atoms with Gasteiger partial charge in [-0.05, 0) is 116 Å². The van der Waals surface area contributed by atoms with Gasteiger partial charge in [0.25, 0.3) is 0 Å². The molecule has 0 aliphatic heterocycles. The third-order valence-electron chi connectivity index (χ3n) is 15.2. The van der Waals surface area contributed by atoms with E-state index in [4.69, 9.17) is 14.2 Å². The number of carbonyl (C=O) groups excluding carboxylic acids is 3. The van der Waals surface area contributed by atoms with Crippen LogP contribution in [0.3, 0.4) is 0 Å². The Balaban J connectivity index is 4.36. The minimum absolute atomic E-state index is 0.108. The Bertz CT molecular complexity index is 1660. The maximum atomic E-state index is 12.9. The molecule has 0 aliphatic carbocycles. The summed E-state index contributed by atoms with van der Waals surface area (Å²) in [6.45, 7) is 6.48. The molecular formula is C77H132O6. The van der Waals surface area contributed by atoms with Crippen LogP contribution in [-0.4, -0.2) is 37.2 Å². The van der Waals surface area contributed by atoms with Crippen molar-refractivity contribution in [1.82, 2.24) is 0 Å². The van der Waals surface area contributed by atoms with Crippen molar-refractivity contribution in [2.75, 3.05) is 13.2 Å². The van der Waals surface area contributed by atoms with Crippen LogP contribution in [0.4, 0.5) is 0 Å². The van der Waals surface area contributed by atoms with Crippen LogP contribution in [0.1, 0.15) is 342 Å². The van der Waals surface area contributed by atoms with Gasteiger partial charge in [0.15, 0.2) is 6.10 Å². The Morgan fingerprint density at radius 3 is 0.795 bits per heavy atom. The molecule has 0 bridgehead atoms. The van der Waals surface area contributed by atoms with Gasteiger partial charge < -0.3 is 14.2 Å². The Labute approximate surface area is 514 Å². The molecule has 0 aromatic rings. The molecule has 0 saturated carbocycles. The van der Waals surface area contributed by atoms with Gasteiger partial charge in [-0.3, -0.25) is 14.4 Å². The average molecular weight is 1150 g/mol. The molecule has 0 radical (unpaired) electrons. The molecule has 83 heavy (non-hydrogen) atoms. The number of rotatable bonds is 64. The Morgan fingerprint density at radius 1 is 0.253 bits per heavy atom. The summed E-state index contributed by atoms with van der Waals surface area (Å²) >= 11 is 0. The summed E-state index contributed by atoms with van der Waals surface area (Å²) in [6.07, 6.45) is 97.0. The fourth-order valence-electron chi connectivity index (χ4n) is 9.97. The molecule has 0 spiro atoms. The van der Waals surface area contributed by atoms with Crippen LogP contribution in [0.15, 0.2) is 109 Å². The van der Waals surface area contributed by atoms with Crippen LogP contribution in [0, 0.1) is 0 Å². The van der Waals surface area contributed by atoms with Crippen molar-refractivity contribution in [3.8, 4) is 0 Å². The maximum absolute atomic E-state index is 12.9. The predicted molar refractivity (Wildman–Crippen MR) is 362 cm³/mol. The highest BCUT2D eigenvalue weighted by atomic mass is 16.6. The second-order valence-electron chi connectivity index (χ2n) is 23.4. The van der Waals surface area contributed by atoms with Crippen LogP contribution >= 0.6 is 0 Å². The molecule has 0 amide bonds. The van der Waals surface area contributed by atoms with Crippen molar-refractivity contribution in [3.05, 3.63) is 109 Å². The van der Waals surface area contributed by atoms with Gasteiger partial charge in [0, 0.05) is 19.3 Å². The Morgan fingerprint density at radius 2 is 0.494 bits per heavy atom. The van der Waals surface area contributed by atoms with Crippen LogP contribution in [0.2, 0.25) is 0 Å². The molecule has 0 aromatic heterocycles. The monoisotopic (exact) mass is 1150 g/mol. The summed E-state index contributed by atoms with van der Waals surface area (Å²) in [6, 6.07) is 0. The number of esters is 3. The molecular weight excluding hydrogens is 1020 g/mol. The minimum atomic E-state index is -0.823. The molecule has 0 aromatic carbocycles. The third-order valence-corrected chi connectivity index (χ3v) is 15.2. The smallest absolute Gasteiger partial charge is 0.306 e. The van der Waals surface area contributed by atoms with Crippen molar-refractivity contribution < 1.29 is 28.6 Å². The number of allylic oxidation sites excluding steroid dienone is 18. The van der Waals surface area contributed by atoms with Crippen LogP contribution in [-0.2, 0) is 28.6 Å². The van der Waals surface area contributed by atoms with Crippen LogP contribution in [0.5, 0.6) is 0 Å². The van der Waals surface area contributed by atoms with Gasteiger partial charge in [-0.1, -0.05) is 316 Å². The lowest BCUT2D eigenvalue weighted by molar-refractivity contribution is -0.166. The highest BCUT2D eigenvalue weighted by molar-refractivity contribution is 5.71. The van der Waals surface area contributed by atoms with E-state index in [2.05, 4.69) is 124 Å². The van der Waals surface area contributed by atoms with E-state index < -0.39 is 6.10 Å². The summed E-state index contributed by atoms with van der Waals surface area (Å²) in [5.41, 5.74) is 0. The molecule has 0 saturated heterocycles. The van der Waals surface area contributed by atoms with E-state index in [9.17, 15) is 14.4 Å². The zero-order chi connectivity index (χ0) is 59.9. The quantitative estimate of drug-likeness (QED) is 0.0261. The van der Waals surface area contributed by atoms with Crippen LogP contribution < -0.4 is 0 Å². The van der Waals surface area contributed by atoms with E-state index >= 15 is 0 Å². The fourth-order valence-corrected chi connectivity index (χ4v) is 9.97. The van der Waals surface area contributed by atoms with Crippen molar-refractivity contribution in [2.24, 2.45) is 0 Å². The van der Waals surface area contributed by atoms with Crippen molar-refractivity contribution in [2.45, 2.75) is 348 Å². The van der Waals surface area contributed by atoms with E-state index in [1.54, 1.807) is 0 Å². The van der Waals surface area contributed by atoms with Crippen molar-refractivity contribution in [1.29, 1.82) is 0 Å². The lowest BCUT2D eigenvalue weighted by Crippen LogP contribution is -2.30. The second kappa shape index (κ2) is 70.6. The van der Waals surface area contributed by atoms with E-state index in [1.807, 2.05) is 6.08 Å². The summed E-state index contributed by atoms with van der Waals surface area (Å²) < 4.78 is 16.9. The number of hydrogen-bond acceptors (Lipinski definition) is 6. The van der Waals surface area contributed by atoms with Crippen molar-refractivity contribution >= 4 is 17.9 Å². The first-order chi connectivity index (χ1) is 41.0. The van der Waals surface area contributed by atoms with E-state index in [0.29, 0.717) is 19.3 Å². The third kappa shape index (κ3) is 68.7. The first-order valence-corrected chi connectivity index (χ1v) is 35.4. The lowest BCUT2D eigenvalue weighted by Gasteiger charge is -2.18.